The third-order valence-corrected chi connectivity index (χ3v) is 2.60. The van der Waals surface area contributed by atoms with E-state index in [0.717, 1.165) is 6.07 Å². The zero-order valence-electron chi connectivity index (χ0n) is 9.96. The van der Waals surface area contributed by atoms with Crippen LogP contribution in [0.25, 0.3) is 11.3 Å². The number of nitrogens with two attached hydrogens (primary N) is 1. The number of rotatable bonds is 4. The number of nitrogens with zero attached hydrogens (tertiary/aromatic N) is 1. The van der Waals surface area contributed by atoms with Gasteiger partial charge in [-0.05, 0) is 6.07 Å². The van der Waals surface area contributed by atoms with Gasteiger partial charge in [0.2, 0.25) is 0 Å². The van der Waals surface area contributed by atoms with Crippen molar-refractivity contribution in [1.29, 1.82) is 0 Å². The van der Waals surface area contributed by atoms with Crippen LogP contribution >= 0.6 is 0 Å². The summed E-state index contributed by atoms with van der Waals surface area (Å²) in [6.45, 7) is 0.840. The van der Waals surface area contributed by atoms with E-state index in [1.54, 1.807) is 6.07 Å². The Kier molecular flexibility index (Phi) is 3.75. The predicted octanol–water partition coefficient (Wildman–Crippen LogP) is 2.47. The fraction of sp³-hybridized carbons (Fsp3) is 0.250. The number of hydrogen-bond acceptors (Lipinski definition) is 3. The van der Waals surface area contributed by atoms with Gasteiger partial charge in [0, 0.05) is 18.7 Å². The Morgan fingerprint density at radius 2 is 2.00 bits per heavy atom. The van der Waals surface area contributed by atoms with E-state index in [1.807, 2.05) is 0 Å². The molecule has 1 aromatic heterocycles. The lowest BCUT2D eigenvalue weighted by molar-refractivity contribution is -0.137. The maximum absolute atomic E-state index is 12.9. The first-order chi connectivity index (χ1) is 9.04. The van der Waals surface area contributed by atoms with E-state index in [1.165, 1.54) is 18.3 Å². The van der Waals surface area contributed by atoms with E-state index in [-0.39, 0.29) is 5.56 Å². The molecule has 0 bridgehead atoms. The second kappa shape index (κ2) is 5.31. The molecule has 19 heavy (non-hydrogen) atoms. The zero-order chi connectivity index (χ0) is 13.9. The Balaban J connectivity index is 2.45. The summed E-state index contributed by atoms with van der Waals surface area (Å²) < 4.78 is 38.8. The van der Waals surface area contributed by atoms with Gasteiger partial charge in [-0.1, -0.05) is 18.2 Å². The molecule has 0 fully saturated rings. The van der Waals surface area contributed by atoms with Gasteiger partial charge in [-0.25, -0.2) is 0 Å². The van der Waals surface area contributed by atoms with Gasteiger partial charge in [-0.15, -0.1) is 0 Å². The Bertz CT molecular complexity index is 548. The quantitative estimate of drug-likeness (QED) is 0.799. The van der Waals surface area contributed by atoms with Gasteiger partial charge in [0.15, 0.2) is 0 Å². The summed E-state index contributed by atoms with van der Waals surface area (Å²) in [6.07, 6.45) is -2.97. The molecule has 0 aliphatic heterocycles. The van der Waals surface area contributed by atoms with Crippen LogP contribution in [0.5, 0.6) is 0 Å². The van der Waals surface area contributed by atoms with Gasteiger partial charge in [0.05, 0.1) is 23.1 Å². The molecule has 7 heteroatoms. The molecule has 4 N–H and O–H groups in total. The standard InChI is InChI=1S/C12H13F3N4/c13-12(14,15)9-4-2-1-3-8(9)11-10(7-18-19-11)17-6-5-16/h1-4,7,17H,5-6,16H2,(H,18,19). The molecule has 0 radical (unpaired) electrons. The molecule has 0 spiro atoms. The fourth-order valence-corrected chi connectivity index (χ4v) is 1.78. The smallest absolute Gasteiger partial charge is 0.381 e. The summed E-state index contributed by atoms with van der Waals surface area (Å²) >= 11 is 0. The number of aromatic amines is 1. The molecule has 0 atom stereocenters. The average Bonchev–Trinajstić information content (AvgIpc) is 2.83. The summed E-state index contributed by atoms with van der Waals surface area (Å²) in [5.41, 5.74) is 5.53. The maximum Gasteiger partial charge on any atom is 0.417 e. The summed E-state index contributed by atoms with van der Waals surface area (Å²) in [6, 6.07) is 5.36. The van der Waals surface area contributed by atoms with Crippen LogP contribution in [0.15, 0.2) is 30.5 Å². The minimum absolute atomic E-state index is 0.0621. The van der Waals surface area contributed by atoms with Crippen LogP contribution in [0.2, 0.25) is 0 Å². The lowest BCUT2D eigenvalue weighted by Crippen LogP contribution is -2.13. The van der Waals surface area contributed by atoms with Crippen molar-refractivity contribution >= 4 is 5.69 Å². The molecular weight excluding hydrogens is 257 g/mol. The Hall–Kier alpha value is -2.02. The van der Waals surface area contributed by atoms with Crippen molar-refractivity contribution in [3.05, 3.63) is 36.0 Å². The molecule has 0 saturated heterocycles. The number of anilines is 1. The molecule has 0 aliphatic rings. The highest BCUT2D eigenvalue weighted by Gasteiger charge is 2.34. The van der Waals surface area contributed by atoms with Crippen molar-refractivity contribution < 1.29 is 13.2 Å². The van der Waals surface area contributed by atoms with Crippen LogP contribution < -0.4 is 11.1 Å². The predicted molar refractivity (Wildman–Crippen MR) is 66.6 cm³/mol. The highest BCUT2D eigenvalue weighted by Crippen LogP contribution is 2.38. The topological polar surface area (TPSA) is 66.7 Å². The van der Waals surface area contributed by atoms with Crippen LogP contribution in [0, 0.1) is 0 Å². The molecule has 1 aromatic carbocycles. The molecule has 0 amide bonds. The summed E-state index contributed by atoms with van der Waals surface area (Å²) in [7, 11) is 0. The molecule has 102 valence electrons. The monoisotopic (exact) mass is 270 g/mol. The minimum Gasteiger partial charge on any atom is -0.381 e. The van der Waals surface area contributed by atoms with E-state index < -0.39 is 11.7 Å². The van der Waals surface area contributed by atoms with Crippen LogP contribution in [0.4, 0.5) is 18.9 Å². The first-order valence-corrected chi connectivity index (χ1v) is 5.68. The second-order valence-electron chi connectivity index (χ2n) is 3.92. The SMILES string of the molecule is NCCNc1cn[nH]c1-c1ccccc1C(F)(F)F. The second-order valence-corrected chi connectivity index (χ2v) is 3.92. The molecule has 2 aromatic rings. The van der Waals surface area contributed by atoms with Crippen molar-refractivity contribution in [3.8, 4) is 11.3 Å². The van der Waals surface area contributed by atoms with Gasteiger partial charge in [0.1, 0.15) is 0 Å². The van der Waals surface area contributed by atoms with E-state index in [4.69, 9.17) is 5.73 Å². The third kappa shape index (κ3) is 2.87. The van der Waals surface area contributed by atoms with Gasteiger partial charge < -0.3 is 11.1 Å². The van der Waals surface area contributed by atoms with Crippen LogP contribution in [0.1, 0.15) is 5.56 Å². The number of alkyl halides is 3. The van der Waals surface area contributed by atoms with E-state index >= 15 is 0 Å². The Labute approximate surface area is 107 Å². The maximum atomic E-state index is 12.9. The number of benzene rings is 1. The van der Waals surface area contributed by atoms with Gasteiger partial charge in [-0.2, -0.15) is 18.3 Å². The first-order valence-electron chi connectivity index (χ1n) is 5.68. The van der Waals surface area contributed by atoms with Crippen molar-refractivity contribution in [2.75, 3.05) is 18.4 Å². The highest BCUT2D eigenvalue weighted by molar-refractivity contribution is 5.76. The van der Waals surface area contributed by atoms with E-state index in [0.29, 0.717) is 24.5 Å². The number of nitrogens with one attached hydrogen (secondary N) is 2. The van der Waals surface area contributed by atoms with Gasteiger partial charge >= 0.3 is 6.18 Å². The van der Waals surface area contributed by atoms with E-state index in [9.17, 15) is 13.2 Å². The minimum atomic E-state index is -4.41. The lowest BCUT2D eigenvalue weighted by Gasteiger charge is -2.13. The molecular formula is C12H13F3N4. The highest BCUT2D eigenvalue weighted by atomic mass is 19.4. The molecule has 1 heterocycles. The normalized spacial score (nSPS) is 11.6. The van der Waals surface area contributed by atoms with Crippen molar-refractivity contribution in [3.63, 3.8) is 0 Å². The molecule has 0 saturated carbocycles. The summed E-state index contributed by atoms with van der Waals surface area (Å²) in [4.78, 5) is 0. The van der Waals surface area contributed by atoms with Crippen LogP contribution in [-0.4, -0.2) is 23.3 Å². The number of hydrogen-bond donors (Lipinski definition) is 3. The van der Waals surface area contributed by atoms with Crippen LogP contribution in [0.3, 0.4) is 0 Å². The average molecular weight is 270 g/mol. The van der Waals surface area contributed by atoms with Crippen molar-refractivity contribution in [1.82, 2.24) is 10.2 Å². The zero-order valence-corrected chi connectivity index (χ0v) is 9.96. The first kappa shape index (κ1) is 13.4. The van der Waals surface area contributed by atoms with Crippen molar-refractivity contribution in [2.24, 2.45) is 5.73 Å². The fourth-order valence-electron chi connectivity index (χ4n) is 1.78. The number of aromatic nitrogens is 2. The van der Waals surface area contributed by atoms with E-state index in [2.05, 4.69) is 15.5 Å². The third-order valence-electron chi connectivity index (χ3n) is 2.60. The van der Waals surface area contributed by atoms with Gasteiger partial charge in [-0.3, -0.25) is 5.10 Å². The molecule has 2 rings (SSSR count). The van der Waals surface area contributed by atoms with Crippen LogP contribution in [-0.2, 0) is 6.18 Å². The summed E-state index contributed by atoms with van der Waals surface area (Å²) in [5.74, 6) is 0. The molecule has 0 aliphatic carbocycles. The largest absolute Gasteiger partial charge is 0.417 e. The molecule has 0 unspecified atom stereocenters. The molecule has 4 nitrogen and oxygen atoms in total. The number of H-pyrrole nitrogens is 1. The Morgan fingerprint density at radius 1 is 1.26 bits per heavy atom. The lowest BCUT2D eigenvalue weighted by atomic mass is 10.0. The van der Waals surface area contributed by atoms with Crippen molar-refractivity contribution in [2.45, 2.75) is 6.18 Å². The Morgan fingerprint density at radius 3 is 2.68 bits per heavy atom. The number of halogens is 3. The van der Waals surface area contributed by atoms with Gasteiger partial charge in [0.25, 0.3) is 0 Å². The summed E-state index contributed by atoms with van der Waals surface area (Å²) in [5, 5.41) is 9.30.